The summed E-state index contributed by atoms with van der Waals surface area (Å²) in [5.74, 6) is 0. The lowest BCUT2D eigenvalue weighted by atomic mass is 9.97. The van der Waals surface area contributed by atoms with Gasteiger partial charge in [-0.2, -0.15) is 5.26 Å². The van der Waals surface area contributed by atoms with E-state index in [2.05, 4.69) is 10.2 Å². The van der Waals surface area contributed by atoms with Crippen LogP contribution in [0.2, 0.25) is 0 Å². The van der Waals surface area contributed by atoms with Gasteiger partial charge in [0.15, 0.2) is 10.9 Å². The zero-order chi connectivity index (χ0) is 16.7. The SMILES string of the molecule is Cn1c(Sc2ccc(C#N)nn2)nc2sc3c(c2c1=O)CCCC3. The number of thiophene rings is 1. The standard InChI is InChI=1S/C16H13N5OS2/c1-21-15(22)13-10-4-2-3-5-11(10)23-14(13)18-16(21)24-12-7-6-9(8-17)19-20-12/h6-7H,2-5H2,1H3. The predicted octanol–water partition coefficient (Wildman–Crippen LogP) is 2.69. The molecule has 0 N–H and O–H groups in total. The molecule has 0 amide bonds. The number of aromatic nitrogens is 4. The van der Waals surface area contributed by atoms with Gasteiger partial charge in [-0.3, -0.25) is 9.36 Å². The highest BCUT2D eigenvalue weighted by atomic mass is 32.2. The summed E-state index contributed by atoms with van der Waals surface area (Å²) in [5.41, 5.74) is 1.47. The van der Waals surface area contributed by atoms with Crippen LogP contribution in [0.25, 0.3) is 10.2 Å². The number of nitriles is 1. The van der Waals surface area contributed by atoms with Crippen molar-refractivity contribution in [2.24, 2.45) is 7.05 Å². The molecule has 0 aromatic carbocycles. The first-order valence-electron chi connectivity index (χ1n) is 7.60. The van der Waals surface area contributed by atoms with E-state index in [9.17, 15) is 4.79 Å². The fourth-order valence-electron chi connectivity index (χ4n) is 2.89. The molecule has 3 aromatic rings. The summed E-state index contributed by atoms with van der Waals surface area (Å²) in [7, 11) is 1.74. The highest BCUT2D eigenvalue weighted by molar-refractivity contribution is 7.99. The molecule has 0 fully saturated rings. The summed E-state index contributed by atoms with van der Waals surface area (Å²) >= 11 is 2.92. The number of hydrogen-bond donors (Lipinski definition) is 0. The van der Waals surface area contributed by atoms with Gasteiger partial charge in [0.25, 0.3) is 5.56 Å². The predicted molar refractivity (Wildman–Crippen MR) is 92.4 cm³/mol. The third-order valence-corrected chi connectivity index (χ3v) is 6.27. The Morgan fingerprint density at radius 1 is 1.29 bits per heavy atom. The Morgan fingerprint density at radius 3 is 2.88 bits per heavy atom. The van der Waals surface area contributed by atoms with Gasteiger partial charge in [-0.15, -0.1) is 21.5 Å². The highest BCUT2D eigenvalue weighted by Gasteiger charge is 2.21. The molecule has 0 radical (unpaired) electrons. The molecule has 1 aliphatic rings. The highest BCUT2D eigenvalue weighted by Crippen LogP contribution is 2.35. The van der Waals surface area contributed by atoms with Gasteiger partial charge < -0.3 is 0 Å². The van der Waals surface area contributed by atoms with Crippen LogP contribution in [-0.4, -0.2) is 19.7 Å². The summed E-state index contributed by atoms with van der Waals surface area (Å²) in [4.78, 5) is 19.6. The fourth-order valence-corrected chi connectivity index (χ4v) is 4.96. The molecule has 24 heavy (non-hydrogen) atoms. The van der Waals surface area contributed by atoms with Gasteiger partial charge in [-0.25, -0.2) is 4.98 Å². The second kappa shape index (κ2) is 6.00. The van der Waals surface area contributed by atoms with E-state index < -0.39 is 0 Å². The minimum atomic E-state index is 0.00324. The van der Waals surface area contributed by atoms with Crippen molar-refractivity contribution >= 4 is 33.3 Å². The molecule has 120 valence electrons. The van der Waals surface area contributed by atoms with E-state index in [4.69, 9.17) is 10.2 Å². The third kappa shape index (κ3) is 2.50. The summed E-state index contributed by atoms with van der Waals surface area (Å²) in [6.45, 7) is 0. The van der Waals surface area contributed by atoms with Crippen LogP contribution in [0.3, 0.4) is 0 Å². The van der Waals surface area contributed by atoms with Crippen LogP contribution in [0.15, 0.2) is 27.1 Å². The van der Waals surface area contributed by atoms with E-state index in [0.29, 0.717) is 10.2 Å². The molecule has 4 rings (SSSR count). The summed E-state index contributed by atoms with van der Waals surface area (Å²) < 4.78 is 1.58. The minimum absolute atomic E-state index is 0.00324. The minimum Gasteiger partial charge on any atom is -0.290 e. The molecule has 6 nitrogen and oxygen atoms in total. The van der Waals surface area contributed by atoms with E-state index in [1.54, 1.807) is 35.1 Å². The van der Waals surface area contributed by atoms with Gasteiger partial charge in [-0.05, 0) is 55.1 Å². The molecule has 0 saturated carbocycles. The lowest BCUT2D eigenvalue weighted by Gasteiger charge is -2.10. The van der Waals surface area contributed by atoms with Crippen molar-refractivity contribution in [2.45, 2.75) is 35.9 Å². The zero-order valence-corrected chi connectivity index (χ0v) is 14.6. The first-order valence-corrected chi connectivity index (χ1v) is 9.23. The van der Waals surface area contributed by atoms with E-state index in [0.717, 1.165) is 29.5 Å². The maximum absolute atomic E-state index is 12.8. The quantitative estimate of drug-likeness (QED) is 0.657. The second-order valence-electron chi connectivity index (χ2n) is 5.62. The molecule has 0 bridgehead atoms. The van der Waals surface area contributed by atoms with Crippen molar-refractivity contribution in [1.29, 1.82) is 5.26 Å². The van der Waals surface area contributed by atoms with Gasteiger partial charge in [0, 0.05) is 11.9 Å². The van der Waals surface area contributed by atoms with Gasteiger partial charge in [-0.1, -0.05) is 0 Å². The summed E-state index contributed by atoms with van der Waals surface area (Å²) in [6, 6.07) is 5.26. The van der Waals surface area contributed by atoms with Crippen LogP contribution < -0.4 is 5.56 Å². The van der Waals surface area contributed by atoms with Crippen molar-refractivity contribution in [3.05, 3.63) is 38.6 Å². The van der Waals surface area contributed by atoms with Crippen molar-refractivity contribution in [1.82, 2.24) is 19.7 Å². The van der Waals surface area contributed by atoms with Crippen LogP contribution in [0, 0.1) is 11.3 Å². The van der Waals surface area contributed by atoms with Gasteiger partial charge >= 0.3 is 0 Å². The smallest absolute Gasteiger partial charge is 0.262 e. The number of fused-ring (bicyclic) bond motifs is 3. The molecule has 1 aliphatic carbocycles. The first-order chi connectivity index (χ1) is 11.7. The Morgan fingerprint density at radius 2 is 2.12 bits per heavy atom. The van der Waals surface area contributed by atoms with Gasteiger partial charge in [0.05, 0.1) is 5.39 Å². The Kier molecular flexibility index (Phi) is 3.82. The lowest BCUT2D eigenvalue weighted by molar-refractivity contribution is 0.695. The van der Waals surface area contributed by atoms with E-state index in [1.165, 1.54) is 28.6 Å². The van der Waals surface area contributed by atoms with Gasteiger partial charge in [0.1, 0.15) is 15.9 Å². The van der Waals surface area contributed by atoms with E-state index in [-0.39, 0.29) is 11.3 Å². The number of aryl methyl sites for hydroxylation is 2. The van der Waals surface area contributed by atoms with E-state index >= 15 is 0 Å². The molecular formula is C16H13N5OS2. The summed E-state index contributed by atoms with van der Waals surface area (Å²) in [6.07, 6.45) is 4.34. The maximum atomic E-state index is 12.8. The van der Waals surface area contributed by atoms with Crippen molar-refractivity contribution < 1.29 is 0 Å². The molecule has 0 unspecified atom stereocenters. The van der Waals surface area contributed by atoms with Crippen LogP contribution in [0.4, 0.5) is 0 Å². The molecule has 0 spiro atoms. The average molecular weight is 355 g/mol. The Hall–Kier alpha value is -2.24. The topological polar surface area (TPSA) is 84.5 Å². The largest absolute Gasteiger partial charge is 0.290 e. The molecule has 3 heterocycles. The van der Waals surface area contributed by atoms with Crippen molar-refractivity contribution in [2.75, 3.05) is 0 Å². The molecule has 0 saturated heterocycles. The normalized spacial score (nSPS) is 13.7. The zero-order valence-electron chi connectivity index (χ0n) is 12.9. The first kappa shape index (κ1) is 15.3. The number of hydrogen-bond acceptors (Lipinski definition) is 7. The number of nitrogens with zero attached hydrogens (tertiary/aromatic N) is 5. The third-order valence-electron chi connectivity index (χ3n) is 4.11. The summed E-state index contributed by atoms with van der Waals surface area (Å²) in [5, 5.41) is 18.6. The monoisotopic (exact) mass is 355 g/mol. The number of rotatable bonds is 2. The average Bonchev–Trinajstić information content (AvgIpc) is 2.98. The Labute approximate surface area is 146 Å². The molecule has 8 heteroatoms. The molecular weight excluding hydrogens is 342 g/mol. The van der Waals surface area contributed by atoms with Gasteiger partial charge in [0.2, 0.25) is 0 Å². The molecule has 3 aromatic heterocycles. The van der Waals surface area contributed by atoms with Crippen molar-refractivity contribution in [3.63, 3.8) is 0 Å². The second-order valence-corrected chi connectivity index (χ2v) is 7.69. The Bertz CT molecular complexity index is 1030. The van der Waals surface area contributed by atoms with Crippen LogP contribution in [-0.2, 0) is 19.9 Å². The molecule has 0 atom stereocenters. The Balaban J connectivity index is 1.80. The fraction of sp³-hybridized carbons (Fsp3) is 0.312. The lowest BCUT2D eigenvalue weighted by Crippen LogP contribution is -2.20. The maximum Gasteiger partial charge on any atom is 0.262 e. The van der Waals surface area contributed by atoms with E-state index in [1.807, 2.05) is 6.07 Å². The van der Waals surface area contributed by atoms with Crippen LogP contribution >= 0.6 is 23.1 Å². The van der Waals surface area contributed by atoms with Crippen LogP contribution in [0.5, 0.6) is 0 Å². The van der Waals surface area contributed by atoms with Crippen molar-refractivity contribution in [3.8, 4) is 6.07 Å². The molecule has 0 aliphatic heterocycles. The van der Waals surface area contributed by atoms with Crippen LogP contribution in [0.1, 0.15) is 29.0 Å².